The van der Waals surface area contributed by atoms with Crippen LogP contribution in [0.5, 0.6) is 0 Å². The molecule has 0 bridgehead atoms. The maximum absolute atomic E-state index is 8.72. The fourth-order valence-electron chi connectivity index (χ4n) is 1.76. The third-order valence-electron chi connectivity index (χ3n) is 2.64. The van der Waals surface area contributed by atoms with Crippen LogP contribution in [0.2, 0.25) is 0 Å². The van der Waals surface area contributed by atoms with Crippen LogP contribution in [0.4, 0.5) is 0 Å². The molecule has 78 valence electrons. The molecule has 1 aromatic heterocycles. The zero-order chi connectivity index (χ0) is 10.0. The summed E-state index contributed by atoms with van der Waals surface area (Å²) in [6, 6.07) is 0. The van der Waals surface area contributed by atoms with Crippen molar-refractivity contribution in [2.45, 2.75) is 31.7 Å². The van der Waals surface area contributed by atoms with Crippen molar-refractivity contribution >= 4 is 0 Å². The lowest BCUT2D eigenvalue weighted by Crippen LogP contribution is -2.33. The topological polar surface area (TPSA) is 71.2 Å². The van der Waals surface area contributed by atoms with Crippen molar-refractivity contribution < 1.29 is 9.63 Å². The summed E-state index contributed by atoms with van der Waals surface area (Å²) >= 11 is 0. The Hall–Kier alpha value is -0.940. The third-order valence-corrected chi connectivity index (χ3v) is 2.64. The summed E-state index contributed by atoms with van der Waals surface area (Å²) in [6.07, 6.45) is 2.61. The molecule has 0 amide bonds. The molecule has 1 saturated heterocycles. The molecule has 1 aromatic rings. The molecule has 0 aromatic carbocycles. The van der Waals surface area contributed by atoms with Crippen LogP contribution in [-0.4, -0.2) is 28.4 Å². The maximum Gasteiger partial charge on any atom is 0.246 e. The average molecular weight is 197 g/mol. The first-order valence-electron chi connectivity index (χ1n) is 4.93. The first-order valence-corrected chi connectivity index (χ1v) is 4.93. The molecular weight excluding hydrogens is 182 g/mol. The summed E-state index contributed by atoms with van der Waals surface area (Å²) in [6.45, 7) is 3.12. The molecule has 5 heteroatoms. The summed E-state index contributed by atoms with van der Waals surface area (Å²) in [5.74, 6) is 1.22. The highest BCUT2D eigenvalue weighted by Crippen LogP contribution is 2.28. The van der Waals surface area contributed by atoms with Crippen molar-refractivity contribution in [2.24, 2.45) is 0 Å². The molecule has 0 spiro atoms. The van der Waals surface area contributed by atoms with E-state index >= 15 is 0 Å². The number of hydrogen-bond donors (Lipinski definition) is 2. The number of aliphatic hydroxyl groups is 1. The molecule has 2 heterocycles. The van der Waals surface area contributed by atoms with Gasteiger partial charge in [0.1, 0.15) is 0 Å². The average Bonchev–Trinajstić information content (AvgIpc) is 2.75. The van der Waals surface area contributed by atoms with Gasteiger partial charge in [0.05, 0.1) is 12.1 Å². The van der Waals surface area contributed by atoms with Gasteiger partial charge in [-0.2, -0.15) is 4.98 Å². The van der Waals surface area contributed by atoms with Crippen molar-refractivity contribution in [3.8, 4) is 0 Å². The Balaban J connectivity index is 2.15. The maximum atomic E-state index is 8.72. The van der Waals surface area contributed by atoms with Gasteiger partial charge in [0.15, 0.2) is 5.82 Å². The van der Waals surface area contributed by atoms with Crippen molar-refractivity contribution in [2.75, 3.05) is 13.2 Å². The third kappa shape index (κ3) is 1.65. The molecule has 0 saturated carbocycles. The van der Waals surface area contributed by atoms with Crippen molar-refractivity contribution in [1.29, 1.82) is 0 Å². The number of nitrogens with one attached hydrogen (secondary N) is 1. The van der Waals surface area contributed by atoms with Gasteiger partial charge >= 0.3 is 0 Å². The highest BCUT2D eigenvalue weighted by Gasteiger charge is 2.35. The van der Waals surface area contributed by atoms with Crippen LogP contribution < -0.4 is 5.32 Å². The highest BCUT2D eigenvalue weighted by atomic mass is 16.5. The van der Waals surface area contributed by atoms with Gasteiger partial charge in [0, 0.05) is 6.42 Å². The van der Waals surface area contributed by atoms with Crippen LogP contribution in [0.15, 0.2) is 4.52 Å². The van der Waals surface area contributed by atoms with E-state index < -0.39 is 0 Å². The summed E-state index contributed by atoms with van der Waals surface area (Å²) < 4.78 is 5.17. The van der Waals surface area contributed by atoms with Crippen LogP contribution in [-0.2, 0) is 12.0 Å². The van der Waals surface area contributed by atoms with E-state index in [0.717, 1.165) is 19.4 Å². The Morgan fingerprint density at radius 3 is 3.14 bits per heavy atom. The zero-order valence-corrected chi connectivity index (χ0v) is 8.29. The normalized spacial score (nSPS) is 27.0. The number of rotatable bonds is 3. The number of nitrogens with zero attached hydrogens (tertiary/aromatic N) is 2. The standard InChI is InChI=1S/C9H15N3O2/c1-9(4-2-5-10-9)8-11-7(3-6-13)12-14-8/h10,13H,2-6H2,1H3. The van der Waals surface area contributed by atoms with Gasteiger partial charge in [-0.3, -0.25) is 0 Å². The lowest BCUT2D eigenvalue weighted by molar-refractivity contribution is 0.270. The molecular formula is C9H15N3O2. The molecule has 1 aliphatic rings. The molecule has 0 aliphatic carbocycles. The van der Waals surface area contributed by atoms with Gasteiger partial charge in [0.25, 0.3) is 0 Å². The molecule has 2 N–H and O–H groups in total. The second-order valence-electron chi connectivity index (χ2n) is 3.85. The summed E-state index contributed by atoms with van der Waals surface area (Å²) in [4.78, 5) is 4.25. The summed E-state index contributed by atoms with van der Waals surface area (Å²) in [5, 5.41) is 15.9. The van der Waals surface area contributed by atoms with Gasteiger partial charge in [-0.15, -0.1) is 0 Å². The zero-order valence-electron chi connectivity index (χ0n) is 8.29. The largest absolute Gasteiger partial charge is 0.396 e. The lowest BCUT2D eigenvalue weighted by Gasteiger charge is -2.18. The van der Waals surface area contributed by atoms with Crippen LogP contribution in [0.1, 0.15) is 31.5 Å². The Bertz CT molecular complexity index is 305. The molecule has 1 atom stereocenters. The fourth-order valence-corrected chi connectivity index (χ4v) is 1.76. The Morgan fingerprint density at radius 2 is 2.50 bits per heavy atom. The molecule has 1 unspecified atom stereocenters. The van der Waals surface area contributed by atoms with E-state index in [1.54, 1.807) is 0 Å². The minimum atomic E-state index is -0.166. The lowest BCUT2D eigenvalue weighted by atomic mass is 10.0. The summed E-state index contributed by atoms with van der Waals surface area (Å²) in [7, 11) is 0. The molecule has 14 heavy (non-hydrogen) atoms. The number of hydrogen-bond acceptors (Lipinski definition) is 5. The van der Waals surface area contributed by atoms with Crippen molar-refractivity contribution in [1.82, 2.24) is 15.5 Å². The monoisotopic (exact) mass is 197 g/mol. The van der Waals surface area contributed by atoms with E-state index in [-0.39, 0.29) is 12.1 Å². The molecule has 5 nitrogen and oxygen atoms in total. The predicted octanol–water partition coefficient (Wildman–Crippen LogP) is 0.203. The van der Waals surface area contributed by atoms with Gasteiger partial charge in [-0.1, -0.05) is 5.16 Å². The Kier molecular flexibility index (Phi) is 2.52. The van der Waals surface area contributed by atoms with Crippen molar-refractivity contribution in [3.63, 3.8) is 0 Å². The van der Waals surface area contributed by atoms with E-state index in [4.69, 9.17) is 9.63 Å². The first kappa shape index (κ1) is 9.61. The van der Waals surface area contributed by atoms with Crippen LogP contribution in [0.25, 0.3) is 0 Å². The van der Waals surface area contributed by atoms with Gasteiger partial charge in [-0.25, -0.2) is 0 Å². The van der Waals surface area contributed by atoms with Gasteiger partial charge < -0.3 is 14.9 Å². The molecule has 1 aliphatic heterocycles. The van der Waals surface area contributed by atoms with Gasteiger partial charge in [0.2, 0.25) is 5.89 Å². The minimum Gasteiger partial charge on any atom is -0.396 e. The summed E-state index contributed by atoms with van der Waals surface area (Å²) in [5.41, 5.74) is -0.166. The van der Waals surface area contributed by atoms with E-state index in [2.05, 4.69) is 22.4 Å². The molecule has 0 radical (unpaired) electrons. The van der Waals surface area contributed by atoms with Crippen LogP contribution >= 0.6 is 0 Å². The predicted molar refractivity (Wildman–Crippen MR) is 49.7 cm³/mol. The van der Waals surface area contributed by atoms with E-state index in [1.165, 1.54) is 0 Å². The Labute approximate surface area is 82.5 Å². The second kappa shape index (κ2) is 3.67. The van der Waals surface area contributed by atoms with Crippen molar-refractivity contribution in [3.05, 3.63) is 11.7 Å². The van der Waals surface area contributed by atoms with E-state index in [1.807, 2.05) is 0 Å². The molecule has 2 rings (SSSR count). The Morgan fingerprint density at radius 1 is 1.64 bits per heavy atom. The smallest absolute Gasteiger partial charge is 0.246 e. The minimum absolute atomic E-state index is 0.0586. The van der Waals surface area contributed by atoms with Gasteiger partial charge in [-0.05, 0) is 26.3 Å². The SMILES string of the molecule is CC1(c2nc(CCO)no2)CCCN1. The van der Waals surface area contributed by atoms with E-state index in [0.29, 0.717) is 18.1 Å². The van der Waals surface area contributed by atoms with Crippen LogP contribution in [0.3, 0.4) is 0 Å². The van der Waals surface area contributed by atoms with Crippen LogP contribution in [0, 0.1) is 0 Å². The quantitative estimate of drug-likeness (QED) is 0.724. The van der Waals surface area contributed by atoms with E-state index in [9.17, 15) is 0 Å². The fraction of sp³-hybridized carbons (Fsp3) is 0.778. The number of aromatic nitrogens is 2. The number of aliphatic hydroxyl groups excluding tert-OH is 1. The molecule has 1 fully saturated rings. The first-order chi connectivity index (χ1) is 6.74. The highest BCUT2D eigenvalue weighted by molar-refractivity contribution is 5.04. The second-order valence-corrected chi connectivity index (χ2v) is 3.85.